The van der Waals surface area contributed by atoms with Crippen LogP contribution in [0.5, 0.6) is 0 Å². The Balaban J connectivity index is 2.49. The molecule has 1 rings (SSSR count). The molecule has 1 fully saturated rings. The van der Waals surface area contributed by atoms with Gasteiger partial charge in [0.2, 0.25) is 5.91 Å². The number of aliphatic hydroxyl groups excluding tert-OH is 1. The van der Waals surface area contributed by atoms with Crippen LogP contribution in [0.1, 0.15) is 39.0 Å². The third-order valence-electron chi connectivity index (χ3n) is 3.11. The highest BCUT2D eigenvalue weighted by Gasteiger charge is 2.30. The van der Waals surface area contributed by atoms with E-state index in [9.17, 15) is 4.79 Å². The first-order chi connectivity index (χ1) is 7.20. The van der Waals surface area contributed by atoms with Gasteiger partial charge < -0.3 is 15.7 Å². The van der Waals surface area contributed by atoms with E-state index in [1.165, 1.54) is 6.42 Å². The summed E-state index contributed by atoms with van der Waals surface area (Å²) >= 11 is 0. The zero-order valence-electron chi connectivity index (χ0n) is 9.48. The highest BCUT2D eigenvalue weighted by atomic mass is 16.3. The van der Waals surface area contributed by atoms with Crippen molar-refractivity contribution in [2.75, 3.05) is 13.2 Å². The number of hydrogen-bond donors (Lipinski definition) is 2. The van der Waals surface area contributed by atoms with Crippen LogP contribution < -0.4 is 5.73 Å². The molecule has 0 aliphatic heterocycles. The van der Waals surface area contributed by atoms with Crippen LogP contribution in [0.3, 0.4) is 0 Å². The summed E-state index contributed by atoms with van der Waals surface area (Å²) in [7, 11) is 0. The van der Waals surface area contributed by atoms with Crippen molar-refractivity contribution in [3.8, 4) is 0 Å². The molecule has 0 heterocycles. The predicted octanol–water partition coefficient (Wildman–Crippen LogP) is 0.487. The number of amides is 1. The summed E-state index contributed by atoms with van der Waals surface area (Å²) in [5, 5.41) is 8.80. The Bertz CT molecular complexity index is 205. The van der Waals surface area contributed by atoms with E-state index < -0.39 is 0 Å². The Morgan fingerprint density at radius 1 is 1.60 bits per heavy atom. The lowest BCUT2D eigenvalue weighted by molar-refractivity contribution is -0.136. The number of rotatable bonds is 6. The molecule has 4 heteroatoms. The first-order valence-electron chi connectivity index (χ1n) is 5.87. The first kappa shape index (κ1) is 12.5. The fraction of sp³-hybridized carbons (Fsp3) is 0.909. The minimum Gasteiger partial charge on any atom is -0.396 e. The monoisotopic (exact) mass is 214 g/mol. The number of carbonyl (C=O) groups excluding carboxylic acids is 1. The molecule has 1 saturated carbocycles. The van der Waals surface area contributed by atoms with Crippen LogP contribution in [-0.2, 0) is 4.79 Å². The maximum Gasteiger partial charge on any atom is 0.239 e. The van der Waals surface area contributed by atoms with E-state index in [0.29, 0.717) is 25.4 Å². The molecule has 0 aromatic heterocycles. The Hall–Kier alpha value is -0.610. The lowest BCUT2D eigenvalue weighted by Crippen LogP contribution is -2.51. The van der Waals surface area contributed by atoms with Gasteiger partial charge in [0.15, 0.2) is 0 Å². The van der Waals surface area contributed by atoms with E-state index in [2.05, 4.69) is 0 Å². The fourth-order valence-corrected chi connectivity index (χ4v) is 1.80. The highest BCUT2D eigenvalue weighted by molar-refractivity contribution is 5.82. The normalized spacial score (nSPS) is 18.3. The van der Waals surface area contributed by atoms with Gasteiger partial charge in [0.25, 0.3) is 0 Å². The summed E-state index contributed by atoms with van der Waals surface area (Å²) in [6.07, 6.45) is 4.72. The number of hydrogen-bond acceptors (Lipinski definition) is 3. The van der Waals surface area contributed by atoms with E-state index in [4.69, 9.17) is 10.8 Å². The molecule has 1 aliphatic carbocycles. The smallest absolute Gasteiger partial charge is 0.239 e. The van der Waals surface area contributed by atoms with E-state index in [-0.39, 0.29) is 18.6 Å². The average Bonchev–Trinajstić information content (AvgIpc) is 2.19. The molecular formula is C11H22N2O2. The molecule has 1 amide bonds. The van der Waals surface area contributed by atoms with E-state index in [1.807, 2.05) is 11.8 Å². The molecule has 0 bridgehead atoms. The lowest BCUT2D eigenvalue weighted by Gasteiger charge is -2.38. The van der Waals surface area contributed by atoms with Crippen molar-refractivity contribution in [2.24, 2.45) is 5.73 Å². The van der Waals surface area contributed by atoms with Crippen LogP contribution in [0.4, 0.5) is 0 Å². The van der Waals surface area contributed by atoms with E-state index in [0.717, 1.165) is 12.8 Å². The van der Waals surface area contributed by atoms with Crippen LogP contribution in [0.25, 0.3) is 0 Å². The van der Waals surface area contributed by atoms with Crippen LogP contribution in [0.2, 0.25) is 0 Å². The predicted molar refractivity (Wildman–Crippen MR) is 59.3 cm³/mol. The van der Waals surface area contributed by atoms with Crippen molar-refractivity contribution in [1.82, 2.24) is 4.90 Å². The molecule has 0 unspecified atom stereocenters. The largest absolute Gasteiger partial charge is 0.396 e. The van der Waals surface area contributed by atoms with Crippen LogP contribution in [0, 0.1) is 0 Å². The SMILES string of the molecule is CC[C@@H](N)C(=O)N(CCCO)C1CCC1. The van der Waals surface area contributed by atoms with Gasteiger partial charge in [0, 0.05) is 19.2 Å². The van der Waals surface area contributed by atoms with Crippen molar-refractivity contribution in [3.05, 3.63) is 0 Å². The average molecular weight is 214 g/mol. The van der Waals surface area contributed by atoms with Crippen molar-refractivity contribution in [2.45, 2.75) is 51.1 Å². The molecular weight excluding hydrogens is 192 g/mol. The summed E-state index contributed by atoms with van der Waals surface area (Å²) in [6.45, 7) is 2.71. The Kier molecular flexibility index (Phi) is 5.05. The number of carbonyl (C=O) groups is 1. The molecule has 1 aliphatic rings. The fourth-order valence-electron chi connectivity index (χ4n) is 1.80. The van der Waals surface area contributed by atoms with Crippen molar-refractivity contribution in [1.29, 1.82) is 0 Å². The number of aliphatic hydroxyl groups is 1. The van der Waals surface area contributed by atoms with Crippen molar-refractivity contribution >= 4 is 5.91 Å². The van der Waals surface area contributed by atoms with Gasteiger partial charge in [0.05, 0.1) is 6.04 Å². The van der Waals surface area contributed by atoms with Gasteiger partial charge in [-0.15, -0.1) is 0 Å². The quantitative estimate of drug-likeness (QED) is 0.676. The molecule has 0 radical (unpaired) electrons. The van der Waals surface area contributed by atoms with Crippen molar-refractivity contribution in [3.63, 3.8) is 0 Å². The third kappa shape index (κ3) is 3.18. The van der Waals surface area contributed by atoms with Gasteiger partial charge in [-0.2, -0.15) is 0 Å². The zero-order chi connectivity index (χ0) is 11.3. The second kappa shape index (κ2) is 6.08. The van der Waals surface area contributed by atoms with Crippen LogP contribution >= 0.6 is 0 Å². The number of nitrogens with two attached hydrogens (primary N) is 1. The van der Waals surface area contributed by atoms with E-state index >= 15 is 0 Å². The summed E-state index contributed by atoms with van der Waals surface area (Å²) in [4.78, 5) is 13.8. The minimum absolute atomic E-state index is 0.0515. The first-order valence-corrected chi connectivity index (χ1v) is 5.87. The maximum absolute atomic E-state index is 11.9. The molecule has 15 heavy (non-hydrogen) atoms. The van der Waals surface area contributed by atoms with Gasteiger partial charge in [-0.25, -0.2) is 0 Å². The molecule has 0 saturated heterocycles. The molecule has 1 atom stereocenters. The summed E-state index contributed by atoms with van der Waals surface area (Å²) in [6, 6.07) is 0.00550. The molecule has 88 valence electrons. The Morgan fingerprint density at radius 3 is 2.67 bits per heavy atom. The number of nitrogens with zero attached hydrogens (tertiary/aromatic N) is 1. The standard InChI is InChI=1S/C11H22N2O2/c1-2-10(12)11(15)13(7-4-8-14)9-5-3-6-9/h9-10,14H,2-8,12H2,1H3/t10-/m1/s1. The van der Waals surface area contributed by atoms with Gasteiger partial charge in [-0.3, -0.25) is 4.79 Å². The summed E-state index contributed by atoms with van der Waals surface area (Å²) in [5.41, 5.74) is 5.75. The Labute approximate surface area is 91.4 Å². The molecule has 4 nitrogen and oxygen atoms in total. The van der Waals surface area contributed by atoms with Crippen LogP contribution in [-0.4, -0.2) is 41.1 Å². The third-order valence-corrected chi connectivity index (χ3v) is 3.11. The Morgan fingerprint density at radius 2 is 2.27 bits per heavy atom. The topological polar surface area (TPSA) is 66.6 Å². The van der Waals surface area contributed by atoms with Gasteiger partial charge in [-0.05, 0) is 32.1 Å². The van der Waals surface area contributed by atoms with Crippen LogP contribution in [0.15, 0.2) is 0 Å². The zero-order valence-corrected chi connectivity index (χ0v) is 9.48. The second-order valence-electron chi connectivity index (χ2n) is 4.21. The summed E-state index contributed by atoms with van der Waals surface area (Å²) in [5.74, 6) is 0.0515. The molecule has 0 aromatic rings. The highest BCUT2D eigenvalue weighted by Crippen LogP contribution is 2.25. The van der Waals surface area contributed by atoms with Gasteiger partial charge >= 0.3 is 0 Å². The lowest BCUT2D eigenvalue weighted by atomic mass is 9.90. The summed E-state index contributed by atoms with van der Waals surface area (Å²) < 4.78 is 0. The van der Waals surface area contributed by atoms with Gasteiger partial charge in [-0.1, -0.05) is 6.92 Å². The molecule has 0 spiro atoms. The maximum atomic E-state index is 11.9. The van der Waals surface area contributed by atoms with Crippen molar-refractivity contribution < 1.29 is 9.90 Å². The second-order valence-corrected chi connectivity index (χ2v) is 4.21. The minimum atomic E-state index is -0.371. The molecule has 0 aromatic carbocycles. The molecule has 3 N–H and O–H groups in total. The van der Waals surface area contributed by atoms with Gasteiger partial charge in [0.1, 0.15) is 0 Å². The van der Waals surface area contributed by atoms with E-state index in [1.54, 1.807) is 0 Å².